The molecule has 3 heteroatoms. The van der Waals surface area contributed by atoms with Crippen LogP contribution in [0.15, 0.2) is 48.5 Å². The van der Waals surface area contributed by atoms with Gasteiger partial charge in [0.05, 0.1) is 0 Å². The lowest BCUT2D eigenvalue weighted by Crippen LogP contribution is -2.34. The van der Waals surface area contributed by atoms with E-state index in [0.29, 0.717) is 13.2 Å². The van der Waals surface area contributed by atoms with Crippen molar-refractivity contribution in [2.75, 3.05) is 13.2 Å². The van der Waals surface area contributed by atoms with Crippen molar-refractivity contribution in [3.05, 3.63) is 59.7 Å². The third-order valence-corrected chi connectivity index (χ3v) is 5.01. The van der Waals surface area contributed by atoms with Gasteiger partial charge in [-0.25, -0.2) is 4.79 Å². The van der Waals surface area contributed by atoms with Crippen molar-refractivity contribution in [3.63, 3.8) is 0 Å². The van der Waals surface area contributed by atoms with Gasteiger partial charge in [-0.2, -0.15) is 0 Å². The molecule has 0 fully saturated rings. The minimum Gasteiger partial charge on any atom is -0.449 e. The molecule has 0 unspecified atom stereocenters. The molecule has 3 nitrogen and oxygen atoms in total. The highest BCUT2D eigenvalue weighted by molar-refractivity contribution is 5.79. The van der Waals surface area contributed by atoms with Gasteiger partial charge in [0, 0.05) is 12.5 Å². The topological polar surface area (TPSA) is 38.3 Å². The second kappa shape index (κ2) is 6.68. The number of carbonyl (C=O) groups is 1. The molecule has 126 valence electrons. The minimum atomic E-state index is -0.335. The summed E-state index contributed by atoms with van der Waals surface area (Å²) in [6, 6.07) is 16.7. The summed E-state index contributed by atoms with van der Waals surface area (Å²) in [5, 5.41) is 2.88. The molecule has 0 saturated carbocycles. The number of fused-ring (bicyclic) bond motifs is 3. The van der Waals surface area contributed by atoms with Crippen molar-refractivity contribution in [2.24, 2.45) is 5.41 Å². The third kappa shape index (κ3) is 3.30. The smallest absolute Gasteiger partial charge is 0.407 e. The van der Waals surface area contributed by atoms with Crippen molar-refractivity contribution >= 4 is 6.09 Å². The number of hydrogen-bond donors (Lipinski definition) is 1. The zero-order valence-electron chi connectivity index (χ0n) is 14.6. The van der Waals surface area contributed by atoms with Crippen LogP contribution in [0.1, 0.15) is 44.2 Å². The molecule has 0 spiro atoms. The molecular formula is C21H25NO2. The van der Waals surface area contributed by atoms with Crippen LogP contribution in [0.4, 0.5) is 4.79 Å². The van der Waals surface area contributed by atoms with Gasteiger partial charge in [0.1, 0.15) is 6.61 Å². The van der Waals surface area contributed by atoms with Gasteiger partial charge in [-0.1, -0.05) is 69.3 Å². The van der Waals surface area contributed by atoms with E-state index in [1.807, 2.05) is 12.1 Å². The van der Waals surface area contributed by atoms with Crippen molar-refractivity contribution in [3.8, 4) is 11.1 Å². The number of alkyl carbamates (subject to hydrolysis) is 1. The van der Waals surface area contributed by atoms with Crippen LogP contribution >= 0.6 is 0 Å². The predicted octanol–water partition coefficient (Wildman–Crippen LogP) is 4.96. The van der Waals surface area contributed by atoms with Crippen LogP contribution in [0, 0.1) is 5.41 Å². The lowest BCUT2D eigenvalue weighted by Gasteiger charge is -2.23. The maximum atomic E-state index is 12.1. The molecule has 1 N–H and O–H groups in total. The summed E-state index contributed by atoms with van der Waals surface area (Å²) in [7, 11) is 0. The Balaban J connectivity index is 1.69. The first-order chi connectivity index (χ1) is 11.5. The van der Waals surface area contributed by atoms with E-state index in [1.165, 1.54) is 22.3 Å². The fourth-order valence-corrected chi connectivity index (χ4v) is 3.09. The van der Waals surface area contributed by atoms with Crippen LogP contribution in [0.3, 0.4) is 0 Å². The Kier molecular flexibility index (Phi) is 4.61. The zero-order valence-corrected chi connectivity index (χ0v) is 14.6. The Morgan fingerprint density at radius 2 is 1.58 bits per heavy atom. The van der Waals surface area contributed by atoms with Gasteiger partial charge in [0.25, 0.3) is 0 Å². The van der Waals surface area contributed by atoms with Crippen LogP contribution in [0.2, 0.25) is 0 Å². The van der Waals surface area contributed by atoms with Crippen LogP contribution in [-0.4, -0.2) is 19.2 Å². The van der Waals surface area contributed by atoms with E-state index in [9.17, 15) is 4.79 Å². The molecule has 2 aromatic rings. The fourth-order valence-electron chi connectivity index (χ4n) is 3.09. The van der Waals surface area contributed by atoms with Crippen molar-refractivity contribution < 1.29 is 9.53 Å². The first-order valence-corrected chi connectivity index (χ1v) is 8.60. The standard InChI is InChI=1S/C21H25NO2/c1-4-21(2,3)14-22-20(23)24-13-19-17-11-7-5-9-15(17)16-10-6-8-12-18(16)19/h5-12,19H,4,13-14H2,1-3H3,(H,22,23). The van der Waals surface area contributed by atoms with E-state index in [4.69, 9.17) is 4.74 Å². The Hall–Kier alpha value is -2.29. The van der Waals surface area contributed by atoms with E-state index in [-0.39, 0.29) is 17.4 Å². The number of nitrogens with one attached hydrogen (secondary N) is 1. The van der Waals surface area contributed by atoms with Gasteiger partial charge in [0.15, 0.2) is 0 Å². The molecule has 0 aliphatic heterocycles. The highest BCUT2D eigenvalue weighted by Gasteiger charge is 2.29. The van der Waals surface area contributed by atoms with Crippen molar-refractivity contribution in [2.45, 2.75) is 33.1 Å². The molecule has 1 aliphatic rings. The van der Waals surface area contributed by atoms with Gasteiger partial charge in [0.2, 0.25) is 0 Å². The van der Waals surface area contributed by atoms with Gasteiger partial charge in [-0.15, -0.1) is 0 Å². The molecule has 0 bridgehead atoms. The first kappa shape index (κ1) is 16.6. The van der Waals surface area contributed by atoms with E-state index in [2.05, 4.69) is 62.5 Å². The van der Waals surface area contributed by atoms with E-state index in [1.54, 1.807) is 0 Å². The third-order valence-electron chi connectivity index (χ3n) is 5.01. The zero-order chi connectivity index (χ0) is 17.2. The first-order valence-electron chi connectivity index (χ1n) is 8.60. The van der Waals surface area contributed by atoms with E-state index < -0.39 is 0 Å². The minimum absolute atomic E-state index is 0.0889. The van der Waals surface area contributed by atoms with Crippen LogP contribution in [0.5, 0.6) is 0 Å². The van der Waals surface area contributed by atoms with Crippen molar-refractivity contribution in [1.82, 2.24) is 5.32 Å². The molecule has 0 aromatic heterocycles. The monoisotopic (exact) mass is 323 g/mol. The number of ether oxygens (including phenoxy) is 1. The molecule has 24 heavy (non-hydrogen) atoms. The lowest BCUT2D eigenvalue weighted by atomic mass is 9.90. The summed E-state index contributed by atoms with van der Waals surface area (Å²) in [5.74, 6) is 0.113. The summed E-state index contributed by atoms with van der Waals surface area (Å²) in [4.78, 5) is 12.1. The SMILES string of the molecule is CCC(C)(C)CNC(=O)OCC1c2ccccc2-c2ccccc21. The van der Waals surface area contributed by atoms with Gasteiger partial charge in [-0.3, -0.25) is 0 Å². The Labute approximate surface area is 144 Å². The molecule has 0 radical (unpaired) electrons. The van der Waals surface area contributed by atoms with Gasteiger partial charge < -0.3 is 10.1 Å². The summed E-state index contributed by atoms with van der Waals surface area (Å²) in [5.41, 5.74) is 5.05. The second-order valence-electron chi connectivity index (χ2n) is 7.20. The van der Waals surface area contributed by atoms with Crippen molar-refractivity contribution in [1.29, 1.82) is 0 Å². The highest BCUT2D eigenvalue weighted by atomic mass is 16.5. The fraction of sp³-hybridized carbons (Fsp3) is 0.381. The number of rotatable bonds is 5. The molecule has 1 aliphatic carbocycles. The normalized spacial score (nSPS) is 13.3. The average Bonchev–Trinajstić information content (AvgIpc) is 2.92. The van der Waals surface area contributed by atoms with E-state index >= 15 is 0 Å². The molecular weight excluding hydrogens is 298 g/mol. The molecule has 0 atom stereocenters. The molecule has 1 amide bonds. The van der Waals surface area contributed by atoms with Crippen LogP contribution in [-0.2, 0) is 4.74 Å². The summed E-state index contributed by atoms with van der Waals surface area (Å²) in [6.45, 7) is 7.39. The molecule has 3 rings (SSSR count). The Morgan fingerprint density at radius 1 is 1.04 bits per heavy atom. The summed E-state index contributed by atoms with van der Waals surface area (Å²) < 4.78 is 5.53. The Bertz CT molecular complexity index is 691. The van der Waals surface area contributed by atoms with Gasteiger partial charge >= 0.3 is 6.09 Å². The second-order valence-corrected chi connectivity index (χ2v) is 7.20. The highest BCUT2D eigenvalue weighted by Crippen LogP contribution is 2.44. The molecule has 0 heterocycles. The number of hydrogen-bond acceptors (Lipinski definition) is 2. The number of benzene rings is 2. The Morgan fingerprint density at radius 3 is 2.12 bits per heavy atom. The predicted molar refractivity (Wildman–Crippen MR) is 97.1 cm³/mol. The summed E-state index contributed by atoms with van der Waals surface area (Å²) in [6.07, 6.45) is 0.676. The van der Waals surface area contributed by atoms with E-state index in [0.717, 1.165) is 6.42 Å². The maximum absolute atomic E-state index is 12.1. The van der Waals surface area contributed by atoms with Crippen LogP contribution in [0.25, 0.3) is 11.1 Å². The quantitative estimate of drug-likeness (QED) is 0.844. The molecule has 2 aromatic carbocycles. The maximum Gasteiger partial charge on any atom is 0.407 e. The lowest BCUT2D eigenvalue weighted by molar-refractivity contribution is 0.138. The average molecular weight is 323 g/mol. The summed E-state index contributed by atoms with van der Waals surface area (Å²) >= 11 is 0. The number of carbonyl (C=O) groups excluding carboxylic acids is 1. The number of amides is 1. The molecule has 0 saturated heterocycles. The largest absolute Gasteiger partial charge is 0.449 e. The van der Waals surface area contributed by atoms with Crippen LogP contribution < -0.4 is 5.32 Å². The van der Waals surface area contributed by atoms with Gasteiger partial charge in [-0.05, 0) is 34.1 Å².